The first kappa shape index (κ1) is 22.9. The molecule has 0 radical (unpaired) electrons. The van der Waals surface area contributed by atoms with Crippen LogP contribution in [0.2, 0.25) is 0 Å². The first-order valence-electron chi connectivity index (χ1n) is 12.1. The Morgan fingerprint density at radius 3 is 2.53 bits per heavy atom. The second kappa shape index (κ2) is 9.07. The van der Waals surface area contributed by atoms with Crippen molar-refractivity contribution in [1.82, 2.24) is 4.90 Å². The van der Waals surface area contributed by atoms with Crippen molar-refractivity contribution in [3.63, 3.8) is 0 Å². The van der Waals surface area contributed by atoms with E-state index >= 15 is 0 Å². The number of alkyl halides is 3. The molecule has 1 saturated heterocycles. The van der Waals surface area contributed by atoms with Gasteiger partial charge in [0.25, 0.3) is 5.91 Å². The molecule has 0 unspecified atom stereocenters. The highest BCUT2D eigenvalue weighted by atomic mass is 19.4. The molecule has 5 rings (SSSR count). The number of piperidine rings is 1. The molecule has 2 aliphatic heterocycles. The van der Waals surface area contributed by atoms with E-state index in [0.29, 0.717) is 36.1 Å². The van der Waals surface area contributed by atoms with Crippen molar-refractivity contribution >= 4 is 11.6 Å². The van der Waals surface area contributed by atoms with Gasteiger partial charge < -0.3 is 4.90 Å². The second-order valence-electron chi connectivity index (χ2n) is 9.89. The van der Waals surface area contributed by atoms with Crippen LogP contribution in [-0.4, -0.2) is 23.9 Å². The molecule has 1 saturated carbocycles. The molecule has 3 aliphatic rings. The summed E-state index contributed by atoms with van der Waals surface area (Å²) in [7, 11) is 0. The van der Waals surface area contributed by atoms with Crippen LogP contribution in [0.1, 0.15) is 77.1 Å². The number of halogens is 3. The van der Waals surface area contributed by atoms with Gasteiger partial charge in [0, 0.05) is 24.2 Å². The molecule has 2 heterocycles. The monoisotopic (exact) mass is 467 g/mol. The molecule has 4 nitrogen and oxygen atoms in total. The normalized spacial score (nSPS) is 22.9. The average molecular weight is 468 g/mol. The molecule has 0 bridgehead atoms. The molecule has 2 aromatic rings. The summed E-state index contributed by atoms with van der Waals surface area (Å²) < 4.78 is 42.0. The smallest absolute Gasteiger partial charge is 0.304 e. The fourth-order valence-electron chi connectivity index (χ4n) is 5.65. The molecule has 34 heavy (non-hydrogen) atoms. The number of hydrogen-bond acceptors (Lipinski definition) is 3. The predicted octanol–water partition coefficient (Wildman–Crippen LogP) is 6.26. The molecular formula is C27H28F3N3O. The average Bonchev–Trinajstić information content (AvgIpc) is 3.12. The van der Waals surface area contributed by atoms with Crippen LogP contribution in [0, 0.1) is 17.2 Å². The van der Waals surface area contributed by atoms with Crippen LogP contribution < -0.4 is 4.90 Å². The van der Waals surface area contributed by atoms with Gasteiger partial charge in [0.2, 0.25) is 0 Å². The number of hydrogen-bond donors (Lipinski definition) is 0. The molecular weight excluding hydrogens is 439 g/mol. The van der Waals surface area contributed by atoms with E-state index in [0.717, 1.165) is 50.8 Å². The number of nitrogens with zero attached hydrogens (tertiary/aromatic N) is 3. The number of rotatable bonds is 5. The zero-order valence-corrected chi connectivity index (χ0v) is 19.1. The van der Waals surface area contributed by atoms with E-state index < -0.39 is 11.7 Å². The SMILES string of the molecule is N#CCC1CC(c2cccc(N3Cc4c(cc(CN5CCCCC5)cc4C(F)(F)F)C3=O)c2)C1. The number of likely N-dealkylation sites (tertiary alicyclic amines) is 1. The fourth-order valence-corrected chi connectivity index (χ4v) is 5.65. The van der Waals surface area contributed by atoms with Crippen molar-refractivity contribution in [2.24, 2.45) is 5.92 Å². The molecule has 0 N–H and O–H groups in total. The third-order valence-electron chi connectivity index (χ3n) is 7.53. The standard InChI is InChI=1S/C27H28F3N3O/c28-27(29,30)25-14-19(16-32-9-2-1-3-10-32)13-23-24(25)17-33(26(23)34)22-6-4-5-20(15-22)21-11-18(12-21)7-8-31/h4-6,13-15,18,21H,1-3,7,9-12,16-17H2. The predicted molar refractivity (Wildman–Crippen MR) is 123 cm³/mol. The molecule has 0 aromatic heterocycles. The van der Waals surface area contributed by atoms with Crippen LogP contribution in [0.5, 0.6) is 0 Å². The Morgan fingerprint density at radius 2 is 1.82 bits per heavy atom. The second-order valence-corrected chi connectivity index (χ2v) is 9.89. The molecule has 0 atom stereocenters. The number of carbonyl (C=O) groups is 1. The lowest BCUT2D eigenvalue weighted by atomic mass is 9.70. The minimum Gasteiger partial charge on any atom is -0.304 e. The topological polar surface area (TPSA) is 47.3 Å². The molecule has 0 spiro atoms. The van der Waals surface area contributed by atoms with Crippen molar-refractivity contribution in [3.05, 3.63) is 64.2 Å². The highest BCUT2D eigenvalue weighted by Gasteiger charge is 2.41. The van der Waals surface area contributed by atoms with E-state index in [1.54, 1.807) is 12.1 Å². The lowest BCUT2D eigenvalue weighted by Gasteiger charge is -2.34. The van der Waals surface area contributed by atoms with E-state index in [1.807, 2.05) is 18.2 Å². The van der Waals surface area contributed by atoms with Gasteiger partial charge >= 0.3 is 6.18 Å². The summed E-state index contributed by atoms with van der Waals surface area (Å²) in [4.78, 5) is 17.0. The first-order chi connectivity index (χ1) is 16.3. The van der Waals surface area contributed by atoms with Gasteiger partial charge in [0.1, 0.15) is 0 Å². The maximum absolute atomic E-state index is 14.0. The number of anilines is 1. The van der Waals surface area contributed by atoms with Gasteiger partial charge in [0.15, 0.2) is 0 Å². The number of amides is 1. The van der Waals surface area contributed by atoms with Gasteiger partial charge in [-0.25, -0.2) is 0 Å². The van der Waals surface area contributed by atoms with Crippen molar-refractivity contribution in [1.29, 1.82) is 5.26 Å². The van der Waals surface area contributed by atoms with Crippen LogP contribution in [-0.2, 0) is 19.3 Å². The highest BCUT2D eigenvalue weighted by molar-refractivity contribution is 6.10. The fraction of sp³-hybridized carbons (Fsp3) is 0.481. The quantitative estimate of drug-likeness (QED) is 0.522. The summed E-state index contributed by atoms with van der Waals surface area (Å²) in [6.45, 7) is 2.12. The number of nitriles is 1. The maximum atomic E-state index is 14.0. The largest absolute Gasteiger partial charge is 0.416 e. The lowest BCUT2D eigenvalue weighted by molar-refractivity contribution is -0.138. The number of benzene rings is 2. The van der Waals surface area contributed by atoms with Crippen molar-refractivity contribution < 1.29 is 18.0 Å². The summed E-state index contributed by atoms with van der Waals surface area (Å²) in [6, 6.07) is 12.7. The maximum Gasteiger partial charge on any atom is 0.416 e. The van der Waals surface area contributed by atoms with Crippen molar-refractivity contribution in [2.45, 2.75) is 63.7 Å². The van der Waals surface area contributed by atoms with Crippen LogP contribution in [0.25, 0.3) is 0 Å². The Kier molecular flexibility index (Phi) is 6.11. The Balaban J connectivity index is 1.41. The van der Waals surface area contributed by atoms with E-state index in [9.17, 15) is 18.0 Å². The summed E-state index contributed by atoms with van der Waals surface area (Å²) in [5.41, 5.74) is 1.82. The molecule has 7 heteroatoms. The van der Waals surface area contributed by atoms with E-state index in [2.05, 4.69) is 11.0 Å². The van der Waals surface area contributed by atoms with E-state index in [1.165, 1.54) is 11.0 Å². The summed E-state index contributed by atoms with van der Waals surface area (Å²) >= 11 is 0. The molecule has 2 aromatic carbocycles. The summed E-state index contributed by atoms with van der Waals surface area (Å²) in [5.74, 6) is 0.373. The van der Waals surface area contributed by atoms with Crippen molar-refractivity contribution in [2.75, 3.05) is 18.0 Å². The molecule has 178 valence electrons. The van der Waals surface area contributed by atoms with Gasteiger partial charge in [-0.3, -0.25) is 9.69 Å². The zero-order chi connectivity index (χ0) is 23.9. The molecule has 2 fully saturated rings. The third-order valence-corrected chi connectivity index (χ3v) is 7.53. The van der Waals surface area contributed by atoms with E-state index in [-0.39, 0.29) is 23.6 Å². The van der Waals surface area contributed by atoms with Crippen LogP contribution >= 0.6 is 0 Å². The first-order valence-corrected chi connectivity index (χ1v) is 12.1. The lowest BCUT2D eigenvalue weighted by Crippen LogP contribution is -2.29. The van der Waals surface area contributed by atoms with Gasteiger partial charge in [-0.1, -0.05) is 18.6 Å². The van der Waals surface area contributed by atoms with Crippen LogP contribution in [0.3, 0.4) is 0 Å². The van der Waals surface area contributed by atoms with Gasteiger partial charge in [-0.2, -0.15) is 18.4 Å². The number of carbonyl (C=O) groups excluding carboxylic acids is 1. The van der Waals surface area contributed by atoms with Gasteiger partial charge in [-0.15, -0.1) is 0 Å². The third kappa shape index (κ3) is 4.44. The van der Waals surface area contributed by atoms with E-state index in [4.69, 9.17) is 5.26 Å². The number of fused-ring (bicyclic) bond motifs is 1. The van der Waals surface area contributed by atoms with Gasteiger partial charge in [-0.05, 0) is 91.6 Å². The Labute approximate surface area is 198 Å². The molecule has 1 amide bonds. The highest BCUT2D eigenvalue weighted by Crippen LogP contribution is 2.45. The summed E-state index contributed by atoms with van der Waals surface area (Å²) in [5, 5.41) is 8.88. The molecule has 1 aliphatic carbocycles. The van der Waals surface area contributed by atoms with Crippen LogP contribution in [0.4, 0.5) is 18.9 Å². The minimum atomic E-state index is -4.51. The minimum absolute atomic E-state index is 0.0712. The van der Waals surface area contributed by atoms with Crippen LogP contribution in [0.15, 0.2) is 36.4 Å². The Morgan fingerprint density at radius 1 is 1.06 bits per heavy atom. The summed E-state index contributed by atoms with van der Waals surface area (Å²) in [6.07, 6.45) is 1.17. The van der Waals surface area contributed by atoms with Gasteiger partial charge in [0.05, 0.1) is 18.2 Å². The zero-order valence-electron chi connectivity index (χ0n) is 19.1. The van der Waals surface area contributed by atoms with Crippen molar-refractivity contribution in [3.8, 4) is 6.07 Å². The Hall–Kier alpha value is -2.85. The Bertz CT molecular complexity index is 1120.